The number of benzene rings is 2. The van der Waals surface area contributed by atoms with Crippen LogP contribution in [0.25, 0.3) is 11.1 Å². The summed E-state index contributed by atoms with van der Waals surface area (Å²) < 4.78 is 5.90. The number of oxazole rings is 1. The number of nitrogens with zero attached hydrogens (tertiary/aromatic N) is 2. The molecule has 0 bridgehead atoms. The van der Waals surface area contributed by atoms with Gasteiger partial charge in [0, 0.05) is 18.0 Å². The van der Waals surface area contributed by atoms with Gasteiger partial charge < -0.3 is 14.4 Å². The van der Waals surface area contributed by atoms with Gasteiger partial charge in [-0.05, 0) is 43.0 Å². The smallest absolute Gasteiger partial charge is 0.330 e. The van der Waals surface area contributed by atoms with Crippen LogP contribution < -0.4 is 4.90 Å². The molecular weight excluding hydrogens is 352 g/mol. The number of halogens is 1. The van der Waals surface area contributed by atoms with Gasteiger partial charge in [0.15, 0.2) is 5.58 Å². The number of piperidine rings is 1. The maximum absolute atomic E-state index is 12.4. The van der Waals surface area contributed by atoms with Gasteiger partial charge in [-0.3, -0.25) is 0 Å². The van der Waals surface area contributed by atoms with Crippen molar-refractivity contribution in [1.29, 1.82) is 0 Å². The van der Waals surface area contributed by atoms with Crippen LogP contribution in [0, 0.1) is 0 Å². The van der Waals surface area contributed by atoms with Gasteiger partial charge in [-0.15, -0.1) is 0 Å². The van der Waals surface area contributed by atoms with Gasteiger partial charge in [0.2, 0.25) is 0 Å². The molecule has 2 heterocycles. The van der Waals surface area contributed by atoms with E-state index in [9.17, 15) is 9.90 Å². The molecule has 0 unspecified atom stereocenters. The van der Waals surface area contributed by atoms with E-state index in [1.54, 1.807) is 18.2 Å². The monoisotopic (exact) mass is 370 g/mol. The molecule has 3 aromatic rings. The van der Waals surface area contributed by atoms with Gasteiger partial charge in [0.25, 0.3) is 6.01 Å². The van der Waals surface area contributed by atoms with E-state index >= 15 is 0 Å². The largest absolute Gasteiger partial charge is 0.479 e. The van der Waals surface area contributed by atoms with Crippen LogP contribution in [-0.4, -0.2) is 28.1 Å². The van der Waals surface area contributed by atoms with E-state index in [0.29, 0.717) is 41.5 Å². The second-order valence-electron chi connectivity index (χ2n) is 6.72. The lowest BCUT2D eigenvalue weighted by atomic mass is 9.81. The number of aliphatic carboxylic acids is 1. The first-order chi connectivity index (χ1) is 12.6. The van der Waals surface area contributed by atoms with Crippen molar-refractivity contribution in [2.75, 3.05) is 11.4 Å². The van der Waals surface area contributed by atoms with Crippen LogP contribution in [0.5, 0.6) is 0 Å². The quantitative estimate of drug-likeness (QED) is 0.730. The van der Waals surface area contributed by atoms with Gasteiger partial charge in [-0.2, -0.15) is 4.98 Å². The Balaban J connectivity index is 1.78. The van der Waals surface area contributed by atoms with Crippen molar-refractivity contribution in [3.05, 3.63) is 59.1 Å². The molecule has 0 radical (unpaired) electrons. The number of anilines is 1. The zero-order valence-corrected chi connectivity index (χ0v) is 14.9. The molecule has 2 aromatic carbocycles. The average molecular weight is 371 g/mol. The minimum atomic E-state index is -1.07. The lowest BCUT2D eigenvalue weighted by Gasteiger charge is -2.43. The van der Waals surface area contributed by atoms with E-state index < -0.39 is 11.5 Å². The summed E-state index contributed by atoms with van der Waals surface area (Å²) in [6.07, 6.45) is 2.73. The molecule has 0 saturated carbocycles. The topological polar surface area (TPSA) is 66.6 Å². The van der Waals surface area contributed by atoms with Crippen molar-refractivity contribution >= 4 is 34.7 Å². The van der Waals surface area contributed by atoms with Crippen LogP contribution in [0.4, 0.5) is 6.01 Å². The molecule has 1 saturated heterocycles. The molecule has 6 heteroatoms. The molecule has 26 heavy (non-hydrogen) atoms. The Bertz CT molecular complexity index is 941. The number of aromatic nitrogens is 1. The fraction of sp³-hybridized carbons (Fsp3) is 0.300. The number of hydrogen-bond acceptors (Lipinski definition) is 4. The molecule has 1 aliphatic rings. The Morgan fingerprint density at radius 3 is 2.81 bits per heavy atom. The Morgan fingerprint density at radius 2 is 2.04 bits per heavy atom. The summed E-state index contributed by atoms with van der Waals surface area (Å²) in [4.78, 5) is 18.7. The van der Waals surface area contributed by atoms with Crippen LogP contribution in [0.15, 0.2) is 52.9 Å². The molecule has 5 nitrogen and oxygen atoms in total. The Labute approximate surface area is 156 Å². The first-order valence-corrected chi connectivity index (χ1v) is 9.07. The third-order valence-electron chi connectivity index (χ3n) is 5.05. The second kappa shape index (κ2) is 6.65. The summed E-state index contributed by atoms with van der Waals surface area (Å²) in [5.41, 5.74) is 1.16. The van der Waals surface area contributed by atoms with Crippen molar-refractivity contribution in [1.82, 2.24) is 4.98 Å². The van der Waals surface area contributed by atoms with Crippen LogP contribution in [0.2, 0.25) is 5.02 Å². The minimum absolute atomic E-state index is 0.347. The number of hydrogen-bond donors (Lipinski definition) is 1. The SMILES string of the molecule is O=C(O)[C@@]1(Cc2ccccc2)CCCCN1c1nc2cc(Cl)ccc2o1. The predicted molar refractivity (Wildman–Crippen MR) is 101 cm³/mol. The molecule has 1 aromatic heterocycles. The number of rotatable bonds is 4. The molecule has 1 fully saturated rings. The van der Waals surface area contributed by atoms with E-state index in [2.05, 4.69) is 4.98 Å². The number of fused-ring (bicyclic) bond motifs is 1. The Hall–Kier alpha value is -2.53. The fourth-order valence-corrected chi connectivity index (χ4v) is 3.90. The summed E-state index contributed by atoms with van der Waals surface area (Å²) in [6, 6.07) is 15.3. The summed E-state index contributed by atoms with van der Waals surface area (Å²) in [5.74, 6) is -0.846. The highest BCUT2D eigenvalue weighted by Gasteiger charge is 2.47. The number of carbonyl (C=O) groups is 1. The molecule has 4 rings (SSSR count). The molecule has 1 N–H and O–H groups in total. The summed E-state index contributed by atoms with van der Waals surface area (Å²) in [6.45, 7) is 0.597. The third-order valence-corrected chi connectivity index (χ3v) is 5.28. The van der Waals surface area contributed by atoms with Crippen molar-refractivity contribution in [3.8, 4) is 0 Å². The molecule has 1 aliphatic heterocycles. The Kier molecular flexibility index (Phi) is 4.32. The summed E-state index contributed by atoms with van der Waals surface area (Å²) in [7, 11) is 0. The molecule has 0 spiro atoms. The third kappa shape index (κ3) is 2.92. The van der Waals surface area contributed by atoms with Crippen molar-refractivity contribution in [2.24, 2.45) is 0 Å². The van der Waals surface area contributed by atoms with E-state index in [0.717, 1.165) is 18.4 Å². The van der Waals surface area contributed by atoms with Crippen molar-refractivity contribution in [2.45, 2.75) is 31.2 Å². The van der Waals surface area contributed by atoms with E-state index in [1.807, 2.05) is 35.2 Å². The standard InChI is InChI=1S/C20H19ClN2O3/c21-15-8-9-17-16(12-15)22-19(26-17)23-11-5-4-10-20(23,18(24)25)13-14-6-2-1-3-7-14/h1-3,6-9,12H,4-5,10-11,13H2,(H,24,25)/t20-/m0/s1. The summed E-state index contributed by atoms with van der Waals surface area (Å²) >= 11 is 6.04. The highest BCUT2D eigenvalue weighted by atomic mass is 35.5. The molecule has 134 valence electrons. The van der Waals surface area contributed by atoms with Crippen LogP contribution in [-0.2, 0) is 11.2 Å². The lowest BCUT2D eigenvalue weighted by Crippen LogP contribution is -2.59. The van der Waals surface area contributed by atoms with Gasteiger partial charge >= 0.3 is 5.97 Å². The summed E-state index contributed by atoms with van der Waals surface area (Å²) in [5, 5.41) is 10.7. The lowest BCUT2D eigenvalue weighted by molar-refractivity contribution is -0.144. The first kappa shape index (κ1) is 16.9. The number of carboxylic acid groups (broad SMARTS) is 1. The second-order valence-corrected chi connectivity index (χ2v) is 7.15. The van der Waals surface area contributed by atoms with E-state index in [4.69, 9.17) is 16.0 Å². The molecule has 1 atom stereocenters. The van der Waals surface area contributed by atoms with Gasteiger partial charge in [0.1, 0.15) is 11.1 Å². The van der Waals surface area contributed by atoms with Crippen molar-refractivity contribution in [3.63, 3.8) is 0 Å². The normalized spacial score (nSPS) is 20.4. The predicted octanol–water partition coefficient (Wildman–Crippen LogP) is 4.54. The zero-order valence-electron chi connectivity index (χ0n) is 14.2. The Morgan fingerprint density at radius 1 is 1.23 bits per heavy atom. The number of carboxylic acids is 1. The van der Waals surface area contributed by atoms with E-state index in [-0.39, 0.29) is 0 Å². The highest BCUT2D eigenvalue weighted by molar-refractivity contribution is 6.31. The maximum Gasteiger partial charge on any atom is 0.330 e. The van der Waals surface area contributed by atoms with Crippen LogP contribution in [0.3, 0.4) is 0 Å². The molecule has 0 amide bonds. The van der Waals surface area contributed by atoms with Crippen molar-refractivity contribution < 1.29 is 14.3 Å². The first-order valence-electron chi connectivity index (χ1n) is 8.69. The molecular formula is C20H19ClN2O3. The average Bonchev–Trinajstić information content (AvgIpc) is 3.05. The van der Waals surface area contributed by atoms with Crippen LogP contribution in [0.1, 0.15) is 24.8 Å². The highest BCUT2D eigenvalue weighted by Crippen LogP contribution is 2.37. The minimum Gasteiger partial charge on any atom is -0.479 e. The van der Waals surface area contributed by atoms with Crippen LogP contribution >= 0.6 is 11.6 Å². The van der Waals surface area contributed by atoms with E-state index in [1.165, 1.54) is 0 Å². The van der Waals surface area contributed by atoms with Gasteiger partial charge in [-0.25, -0.2) is 4.79 Å². The van der Waals surface area contributed by atoms with Gasteiger partial charge in [0.05, 0.1) is 0 Å². The van der Waals surface area contributed by atoms with Gasteiger partial charge in [-0.1, -0.05) is 41.9 Å². The fourth-order valence-electron chi connectivity index (χ4n) is 3.73. The zero-order chi connectivity index (χ0) is 18.1. The molecule has 0 aliphatic carbocycles. The maximum atomic E-state index is 12.4.